The zero-order chi connectivity index (χ0) is 19.8. The van der Waals surface area contributed by atoms with Crippen LogP contribution in [-0.2, 0) is 4.79 Å². The molecule has 6 nitrogen and oxygen atoms in total. The van der Waals surface area contributed by atoms with E-state index in [0.29, 0.717) is 17.1 Å². The van der Waals surface area contributed by atoms with Crippen LogP contribution in [0.2, 0.25) is 0 Å². The SMILES string of the molecule is COc1cc(C#N)ccc1OCC(=O)N(CCC#N)c1cc(C)cc(C)c1. The van der Waals surface area contributed by atoms with Crippen molar-refractivity contribution in [2.75, 3.05) is 25.2 Å². The number of hydrogen-bond donors (Lipinski definition) is 0. The van der Waals surface area contributed by atoms with Crippen molar-refractivity contribution in [3.05, 3.63) is 53.1 Å². The van der Waals surface area contributed by atoms with E-state index in [9.17, 15) is 4.79 Å². The fraction of sp³-hybridized carbons (Fsp3) is 0.286. The molecule has 0 N–H and O–H groups in total. The van der Waals surface area contributed by atoms with Gasteiger partial charge in [0.2, 0.25) is 0 Å². The molecule has 138 valence electrons. The predicted octanol–water partition coefficient (Wildman–Crippen LogP) is 3.51. The highest BCUT2D eigenvalue weighted by molar-refractivity contribution is 5.94. The lowest BCUT2D eigenvalue weighted by atomic mass is 10.1. The summed E-state index contributed by atoms with van der Waals surface area (Å²) in [6.07, 6.45) is 0.221. The summed E-state index contributed by atoms with van der Waals surface area (Å²) in [6.45, 7) is 4.00. The average molecular weight is 363 g/mol. The van der Waals surface area contributed by atoms with Crippen molar-refractivity contribution in [2.45, 2.75) is 20.3 Å². The molecule has 0 unspecified atom stereocenters. The van der Waals surface area contributed by atoms with Crippen LogP contribution in [0.5, 0.6) is 11.5 Å². The summed E-state index contributed by atoms with van der Waals surface area (Å²) < 4.78 is 10.8. The molecule has 1 amide bonds. The third-order valence-electron chi connectivity index (χ3n) is 3.91. The Balaban J connectivity index is 2.19. The Bertz CT molecular complexity index is 890. The van der Waals surface area contributed by atoms with Gasteiger partial charge in [0.15, 0.2) is 18.1 Å². The summed E-state index contributed by atoms with van der Waals surface area (Å²) >= 11 is 0. The Hall–Kier alpha value is -3.51. The van der Waals surface area contributed by atoms with E-state index in [4.69, 9.17) is 20.0 Å². The molecule has 0 aliphatic carbocycles. The Kier molecular flexibility index (Phi) is 6.79. The van der Waals surface area contributed by atoms with Gasteiger partial charge in [-0.3, -0.25) is 4.79 Å². The van der Waals surface area contributed by atoms with E-state index in [1.165, 1.54) is 7.11 Å². The second-order valence-corrected chi connectivity index (χ2v) is 6.07. The van der Waals surface area contributed by atoms with Crippen molar-refractivity contribution in [2.24, 2.45) is 0 Å². The molecular weight excluding hydrogens is 342 g/mol. The molecule has 0 spiro atoms. The Morgan fingerprint density at radius 1 is 1.07 bits per heavy atom. The lowest BCUT2D eigenvalue weighted by Crippen LogP contribution is -2.35. The number of methoxy groups -OCH3 is 1. The highest BCUT2D eigenvalue weighted by Gasteiger charge is 2.18. The zero-order valence-electron chi connectivity index (χ0n) is 15.7. The first-order valence-electron chi connectivity index (χ1n) is 8.45. The molecule has 2 rings (SSSR count). The van der Waals surface area contributed by atoms with E-state index >= 15 is 0 Å². The highest BCUT2D eigenvalue weighted by atomic mass is 16.5. The van der Waals surface area contributed by atoms with E-state index in [1.807, 2.05) is 38.1 Å². The smallest absolute Gasteiger partial charge is 0.264 e. The maximum atomic E-state index is 12.8. The van der Waals surface area contributed by atoms with Gasteiger partial charge in [0.1, 0.15) is 0 Å². The van der Waals surface area contributed by atoms with Crippen LogP contribution in [0.25, 0.3) is 0 Å². The lowest BCUT2D eigenvalue weighted by molar-refractivity contribution is -0.120. The van der Waals surface area contributed by atoms with Gasteiger partial charge in [0.05, 0.1) is 31.2 Å². The minimum atomic E-state index is -0.262. The van der Waals surface area contributed by atoms with E-state index < -0.39 is 0 Å². The molecule has 0 radical (unpaired) electrons. The van der Waals surface area contributed by atoms with Gasteiger partial charge in [-0.1, -0.05) is 6.07 Å². The largest absolute Gasteiger partial charge is 0.493 e. The van der Waals surface area contributed by atoms with Gasteiger partial charge in [-0.05, 0) is 49.2 Å². The van der Waals surface area contributed by atoms with Crippen molar-refractivity contribution >= 4 is 11.6 Å². The summed E-state index contributed by atoms with van der Waals surface area (Å²) in [5.41, 5.74) is 3.25. The van der Waals surface area contributed by atoms with Crippen LogP contribution < -0.4 is 14.4 Å². The first kappa shape index (κ1) is 19.8. The molecule has 0 saturated carbocycles. The molecule has 6 heteroatoms. The van der Waals surface area contributed by atoms with Crippen LogP contribution in [-0.4, -0.2) is 26.2 Å². The van der Waals surface area contributed by atoms with Crippen LogP contribution in [0, 0.1) is 36.5 Å². The summed E-state index contributed by atoms with van der Waals surface area (Å²) in [5, 5.41) is 17.9. The highest BCUT2D eigenvalue weighted by Crippen LogP contribution is 2.28. The third-order valence-corrected chi connectivity index (χ3v) is 3.91. The van der Waals surface area contributed by atoms with E-state index in [0.717, 1.165) is 16.8 Å². The number of nitriles is 2. The zero-order valence-corrected chi connectivity index (χ0v) is 15.7. The van der Waals surface area contributed by atoms with Crippen LogP contribution in [0.15, 0.2) is 36.4 Å². The number of aryl methyl sites for hydroxylation is 2. The van der Waals surface area contributed by atoms with Crippen LogP contribution in [0.4, 0.5) is 5.69 Å². The van der Waals surface area contributed by atoms with Crippen molar-refractivity contribution in [1.29, 1.82) is 10.5 Å². The first-order valence-corrected chi connectivity index (χ1v) is 8.45. The molecule has 0 aromatic heterocycles. The molecule has 0 atom stereocenters. The summed E-state index contributed by atoms with van der Waals surface area (Å²) in [4.78, 5) is 14.3. The maximum absolute atomic E-state index is 12.8. The second-order valence-electron chi connectivity index (χ2n) is 6.07. The number of amides is 1. The van der Waals surface area contributed by atoms with Gasteiger partial charge >= 0.3 is 0 Å². The Labute approximate surface area is 159 Å². The monoisotopic (exact) mass is 363 g/mol. The molecule has 27 heavy (non-hydrogen) atoms. The number of benzene rings is 2. The van der Waals surface area contributed by atoms with Crippen molar-refractivity contribution in [3.8, 4) is 23.6 Å². The van der Waals surface area contributed by atoms with Crippen LogP contribution in [0.3, 0.4) is 0 Å². The summed E-state index contributed by atoms with van der Waals surface area (Å²) in [5.74, 6) is 0.504. The van der Waals surface area contributed by atoms with Crippen LogP contribution >= 0.6 is 0 Å². The fourth-order valence-corrected chi connectivity index (χ4v) is 2.74. The Morgan fingerprint density at radius 2 is 1.78 bits per heavy atom. The van der Waals surface area contributed by atoms with Gasteiger partial charge in [-0.2, -0.15) is 10.5 Å². The number of anilines is 1. The van der Waals surface area contributed by atoms with E-state index in [1.54, 1.807) is 23.1 Å². The first-order chi connectivity index (χ1) is 13.0. The number of rotatable bonds is 7. The predicted molar refractivity (Wildman–Crippen MR) is 102 cm³/mol. The van der Waals surface area contributed by atoms with Gasteiger partial charge in [-0.25, -0.2) is 0 Å². The molecule has 0 aliphatic rings. The molecule has 2 aromatic rings. The summed E-state index contributed by atoms with van der Waals surface area (Å²) in [7, 11) is 1.47. The quantitative estimate of drug-likeness (QED) is 0.751. The fourth-order valence-electron chi connectivity index (χ4n) is 2.74. The molecular formula is C21H21N3O3. The molecule has 0 bridgehead atoms. The van der Waals surface area contributed by atoms with Gasteiger partial charge in [-0.15, -0.1) is 0 Å². The topological polar surface area (TPSA) is 86.3 Å². The average Bonchev–Trinajstić information content (AvgIpc) is 2.65. The normalized spacial score (nSPS) is 9.81. The molecule has 0 aliphatic heterocycles. The number of hydrogen-bond acceptors (Lipinski definition) is 5. The Morgan fingerprint density at radius 3 is 2.37 bits per heavy atom. The lowest BCUT2D eigenvalue weighted by Gasteiger charge is -2.23. The molecule has 2 aromatic carbocycles. The molecule has 0 heterocycles. The molecule has 0 saturated heterocycles. The van der Waals surface area contributed by atoms with E-state index in [2.05, 4.69) is 6.07 Å². The maximum Gasteiger partial charge on any atom is 0.264 e. The molecule has 0 fully saturated rings. The second kappa shape index (κ2) is 9.26. The van der Waals surface area contributed by atoms with E-state index in [-0.39, 0.29) is 25.5 Å². The number of carbonyl (C=O) groups excluding carboxylic acids is 1. The number of carbonyl (C=O) groups is 1. The van der Waals surface area contributed by atoms with Crippen molar-refractivity contribution in [3.63, 3.8) is 0 Å². The van der Waals surface area contributed by atoms with Gasteiger partial charge in [0.25, 0.3) is 5.91 Å². The number of ether oxygens (including phenoxy) is 2. The van der Waals surface area contributed by atoms with Gasteiger partial charge in [0, 0.05) is 18.3 Å². The minimum absolute atomic E-state index is 0.208. The minimum Gasteiger partial charge on any atom is -0.493 e. The van der Waals surface area contributed by atoms with Gasteiger partial charge < -0.3 is 14.4 Å². The van der Waals surface area contributed by atoms with Crippen molar-refractivity contribution in [1.82, 2.24) is 0 Å². The van der Waals surface area contributed by atoms with Crippen LogP contribution in [0.1, 0.15) is 23.1 Å². The van der Waals surface area contributed by atoms with Crippen molar-refractivity contribution < 1.29 is 14.3 Å². The standard InChI is InChI=1S/C21H21N3O3/c1-15-9-16(2)11-18(10-15)24(8-4-7-22)21(25)14-27-19-6-5-17(13-23)12-20(19)26-3/h5-6,9-12H,4,8,14H2,1-3H3. The number of nitrogens with zero attached hydrogens (tertiary/aromatic N) is 3. The third kappa shape index (κ3) is 5.23. The summed E-state index contributed by atoms with van der Waals surface area (Å²) in [6, 6.07) is 14.7.